The minimum Gasteiger partial charge on any atom is -0.416 e. The van der Waals surface area contributed by atoms with Crippen molar-refractivity contribution >= 4 is 25.4 Å². The summed E-state index contributed by atoms with van der Waals surface area (Å²) in [5.74, 6) is 0. The molecule has 0 spiro atoms. The summed E-state index contributed by atoms with van der Waals surface area (Å²) in [7, 11) is -6.53. The number of rotatable bonds is 13. The van der Waals surface area contributed by atoms with Gasteiger partial charge < -0.3 is 13.0 Å². The molecule has 0 bridgehead atoms. The predicted octanol–water partition coefficient (Wildman–Crippen LogP) is 5.76. The van der Waals surface area contributed by atoms with E-state index in [-0.39, 0.29) is 0 Å². The van der Waals surface area contributed by atoms with Crippen LogP contribution in [-0.4, -0.2) is 30.2 Å². The van der Waals surface area contributed by atoms with E-state index >= 15 is 0 Å². The second-order valence-electron chi connectivity index (χ2n) is 8.37. The average molecular weight is 365 g/mol. The molecule has 0 saturated heterocycles. The molecular weight excluding hydrogens is 324 g/mol. The molecule has 0 unspecified atom stereocenters. The molecule has 0 heterocycles. The standard InChI is InChI=1S/C16H40O3Si3/c1-8-9-10-11-12-13-14-15-16-22(17,18-20(2,3)4)19-21(5,6)7/h17H,8-16H2,1-7H3. The van der Waals surface area contributed by atoms with Crippen LogP contribution in [0.5, 0.6) is 0 Å². The van der Waals surface area contributed by atoms with Gasteiger partial charge in [-0.3, -0.25) is 0 Å². The minimum absolute atomic E-state index is 0.733. The summed E-state index contributed by atoms with van der Waals surface area (Å²) in [5, 5.41) is 0. The number of hydrogen-bond acceptors (Lipinski definition) is 3. The zero-order valence-electron chi connectivity index (χ0n) is 16.1. The Morgan fingerprint density at radius 1 is 0.636 bits per heavy atom. The van der Waals surface area contributed by atoms with Crippen molar-refractivity contribution < 1.29 is 13.0 Å². The second-order valence-corrected chi connectivity index (χ2v) is 20.4. The average Bonchev–Trinajstić information content (AvgIpc) is 2.27. The van der Waals surface area contributed by atoms with Crippen molar-refractivity contribution in [3.05, 3.63) is 0 Å². The van der Waals surface area contributed by atoms with E-state index in [9.17, 15) is 4.80 Å². The molecule has 0 fully saturated rings. The third-order valence-electron chi connectivity index (χ3n) is 3.28. The van der Waals surface area contributed by atoms with E-state index in [1.807, 2.05) is 0 Å². The van der Waals surface area contributed by atoms with Crippen molar-refractivity contribution in [1.82, 2.24) is 0 Å². The molecule has 0 radical (unpaired) electrons. The normalized spacial score (nSPS) is 13.6. The van der Waals surface area contributed by atoms with Crippen molar-refractivity contribution in [3.8, 4) is 0 Å². The molecule has 0 aliphatic rings. The molecule has 0 amide bonds. The topological polar surface area (TPSA) is 38.7 Å². The summed E-state index contributed by atoms with van der Waals surface area (Å²) in [6.07, 6.45) is 10.2. The van der Waals surface area contributed by atoms with E-state index in [0.717, 1.165) is 12.5 Å². The first kappa shape index (κ1) is 22.5. The maximum absolute atomic E-state index is 10.9. The summed E-state index contributed by atoms with van der Waals surface area (Å²) in [6.45, 7) is 15.0. The molecule has 0 aromatic carbocycles. The van der Waals surface area contributed by atoms with Crippen molar-refractivity contribution in [2.45, 2.75) is 104 Å². The summed E-state index contributed by atoms with van der Waals surface area (Å²) >= 11 is 0. The highest BCUT2D eigenvalue weighted by molar-refractivity contribution is 6.85. The molecule has 0 aliphatic carbocycles. The lowest BCUT2D eigenvalue weighted by Crippen LogP contribution is -2.54. The molecule has 0 aromatic heterocycles. The monoisotopic (exact) mass is 364 g/mol. The molecular formula is C16H40O3Si3. The molecule has 134 valence electrons. The predicted molar refractivity (Wildman–Crippen MR) is 104 cm³/mol. The molecule has 6 heteroatoms. The number of unbranched alkanes of at least 4 members (excludes halogenated alkanes) is 7. The lowest BCUT2D eigenvalue weighted by molar-refractivity contribution is 0.242. The third kappa shape index (κ3) is 14.1. The van der Waals surface area contributed by atoms with E-state index in [0.29, 0.717) is 0 Å². The fourth-order valence-electron chi connectivity index (χ4n) is 2.56. The van der Waals surface area contributed by atoms with Gasteiger partial charge in [0.05, 0.1) is 0 Å². The van der Waals surface area contributed by atoms with E-state index in [2.05, 4.69) is 46.2 Å². The van der Waals surface area contributed by atoms with Crippen LogP contribution in [0.15, 0.2) is 0 Å². The third-order valence-corrected chi connectivity index (χ3v) is 11.7. The van der Waals surface area contributed by atoms with Crippen LogP contribution in [0.1, 0.15) is 58.3 Å². The highest BCUT2D eigenvalue weighted by Gasteiger charge is 2.43. The van der Waals surface area contributed by atoms with E-state index in [1.165, 1.54) is 44.9 Å². The molecule has 0 rings (SSSR count). The SMILES string of the molecule is CCCCCCCCCC[Si](O)(O[Si](C)(C)C)O[Si](C)(C)C. The molecule has 0 saturated carbocycles. The zero-order chi connectivity index (χ0) is 17.3. The molecule has 3 nitrogen and oxygen atoms in total. The quantitative estimate of drug-likeness (QED) is 0.333. The summed E-state index contributed by atoms with van der Waals surface area (Å²) in [4.78, 5) is 10.9. The molecule has 1 N–H and O–H groups in total. The van der Waals surface area contributed by atoms with Crippen LogP contribution in [0.25, 0.3) is 0 Å². The Kier molecular flexibility index (Phi) is 10.7. The summed E-state index contributed by atoms with van der Waals surface area (Å²) in [6, 6.07) is 0.733. The van der Waals surface area contributed by atoms with Crippen molar-refractivity contribution in [2.24, 2.45) is 0 Å². The summed E-state index contributed by atoms with van der Waals surface area (Å²) < 4.78 is 12.2. The molecule has 22 heavy (non-hydrogen) atoms. The maximum atomic E-state index is 10.9. The first-order chi connectivity index (χ1) is 9.97. The highest BCUT2D eigenvalue weighted by Crippen LogP contribution is 2.24. The van der Waals surface area contributed by atoms with Gasteiger partial charge in [0, 0.05) is 6.04 Å². The first-order valence-corrected chi connectivity index (χ1v) is 17.9. The van der Waals surface area contributed by atoms with Crippen LogP contribution < -0.4 is 0 Å². The lowest BCUT2D eigenvalue weighted by atomic mass is 10.1. The van der Waals surface area contributed by atoms with Gasteiger partial charge in [-0.15, -0.1) is 0 Å². The van der Waals surface area contributed by atoms with E-state index < -0.39 is 25.4 Å². The van der Waals surface area contributed by atoms with E-state index in [4.69, 9.17) is 8.23 Å². The van der Waals surface area contributed by atoms with Crippen molar-refractivity contribution in [1.29, 1.82) is 0 Å². The minimum atomic E-state index is -2.98. The maximum Gasteiger partial charge on any atom is 0.477 e. The Bertz CT molecular complexity index is 269. The molecule has 0 aliphatic heterocycles. The Morgan fingerprint density at radius 3 is 1.36 bits per heavy atom. The Morgan fingerprint density at radius 2 is 1.00 bits per heavy atom. The Balaban J connectivity index is 4.14. The Labute approximate surface area is 142 Å². The Hall–Kier alpha value is 0.531. The fourth-order valence-corrected chi connectivity index (χ4v) is 12.3. The van der Waals surface area contributed by atoms with Gasteiger partial charge in [-0.2, -0.15) is 0 Å². The van der Waals surface area contributed by atoms with Gasteiger partial charge in [0.25, 0.3) is 0 Å². The van der Waals surface area contributed by atoms with Crippen LogP contribution in [-0.2, 0) is 8.23 Å². The highest BCUT2D eigenvalue weighted by atomic mass is 28.5. The van der Waals surface area contributed by atoms with Gasteiger partial charge in [-0.25, -0.2) is 0 Å². The number of hydrogen-bond donors (Lipinski definition) is 1. The van der Waals surface area contributed by atoms with Gasteiger partial charge in [0.15, 0.2) is 16.6 Å². The largest absolute Gasteiger partial charge is 0.477 e. The van der Waals surface area contributed by atoms with Gasteiger partial charge in [-0.05, 0) is 45.7 Å². The van der Waals surface area contributed by atoms with Gasteiger partial charge in [-0.1, -0.05) is 51.9 Å². The molecule has 0 atom stereocenters. The van der Waals surface area contributed by atoms with Gasteiger partial charge in [0.2, 0.25) is 0 Å². The van der Waals surface area contributed by atoms with Crippen LogP contribution in [0, 0.1) is 0 Å². The molecule has 0 aromatic rings. The smallest absolute Gasteiger partial charge is 0.416 e. The van der Waals surface area contributed by atoms with Gasteiger partial charge in [0.1, 0.15) is 0 Å². The van der Waals surface area contributed by atoms with Crippen LogP contribution in [0.3, 0.4) is 0 Å². The fraction of sp³-hybridized carbons (Fsp3) is 1.00. The van der Waals surface area contributed by atoms with Crippen LogP contribution in [0.2, 0.25) is 45.3 Å². The lowest BCUT2D eigenvalue weighted by Gasteiger charge is -2.36. The van der Waals surface area contributed by atoms with Crippen molar-refractivity contribution in [2.75, 3.05) is 0 Å². The van der Waals surface area contributed by atoms with Crippen molar-refractivity contribution in [3.63, 3.8) is 0 Å². The van der Waals surface area contributed by atoms with Crippen LogP contribution in [0.4, 0.5) is 0 Å². The van der Waals surface area contributed by atoms with Gasteiger partial charge >= 0.3 is 8.80 Å². The summed E-state index contributed by atoms with van der Waals surface area (Å²) in [5.41, 5.74) is 0. The first-order valence-electron chi connectivity index (χ1n) is 9.10. The second kappa shape index (κ2) is 10.4. The van der Waals surface area contributed by atoms with E-state index in [1.54, 1.807) is 0 Å². The zero-order valence-corrected chi connectivity index (χ0v) is 19.1. The van der Waals surface area contributed by atoms with Crippen LogP contribution >= 0.6 is 0 Å².